The molecule has 1 heterocycles. The van der Waals surface area contributed by atoms with E-state index < -0.39 is 0 Å². The van der Waals surface area contributed by atoms with Gasteiger partial charge in [0.15, 0.2) is 0 Å². The Labute approximate surface area is 280 Å². The van der Waals surface area contributed by atoms with Crippen molar-refractivity contribution in [2.45, 2.75) is 38.5 Å². The lowest BCUT2D eigenvalue weighted by Crippen LogP contribution is -2.16. The molecular weight excluding hydrogens is 583 g/mol. The van der Waals surface area contributed by atoms with Gasteiger partial charge in [-0.1, -0.05) is 125 Å². The first kappa shape index (κ1) is 27.5. The fraction of sp³-hybridized carbons (Fsp3) is 0.130. The summed E-state index contributed by atoms with van der Waals surface area (Å²) in [6.45, 7) is 9.41. The van der Waals surface area contributed by atoms with Crippen molar-refractivity contribution in [2.24, 2.45) is 0 Å². The maximum absolute atomic E-state index is 6.46. The molecule has 48 heavy (non-hydrogen) atoms. The van der Waals surface area contributed by atoms with E-state index in [2.05, 4.69) is 166 Å². The molecule has 0 radical (unpaired) electrons. The summed E-state index contributed by atoms with van der Waals surface area (Å²) in [4.78, 5) is 2.50. The fourth-order valence-electron chi connectivity index (χ4n) is 8.85. The second-order valence-electron chi connectivity index (χ2n) is 14.6. The minimum atomic E-state index is -0.103. The highest BCUT2D eigenvalue weighted by atomic mass is 16.3. The van der Waals surface area contributed by atoms with Gasteiger partial charge in [-0.2, -0.15) is 0 Å². The molecule has 0 N–H and O–H groups in total. The number of fused-ring (bicyclic) bond motifs is 10. The molecule has 0 aliphatic heterocycles. The van der Waals surface area contributed by atoms with Crippen LogP contribution in [-0.2, 0) is 10.8 Å². The molecule has 2 aliphatic rings. The zero-order chi connectivity index (χ0) is 32.4. The highest BCUT2D eigenvalue weighted by molar-refractivity contribution is 6.13. The molecule has 0 saturated carbocycles. The largest absolute Gasteiger partial charge is 0.456 e. The summed E-state index contributed by atoms with van der Waals surface area (Å²) >= 11 is 0. The standard InChI is InChI=1S/C46H35NO/c1-45(2)36-17-8-5-14-30(36)34-26-29(23-24-38(34)45)47(41-21-12-19-39-44(41)32-16-6-9-18-37(32)46(39,3)4)40-20-11-13-28-25-35-31-15-7-10-22-42(31)48-43(35)27-33(28)40/h5-27H,1-4H3. The third-order valence-electron chi connectivity index (χ3n) is 11.2. The molecule has 0 fully saturated rings. The molecule has 0 saturated heterocycles. The van der Waals surface area contributed by atoms with Crippen molar-refractivity contribution < 1.29 is 4.42 Å². The Morgan fingerprint density at radius 2 is 1.08 bits per heavy atom. The molecule has 230 valence electrons. The summed E-state index contributed by atoms with van der Waals surface area (Å²) in [5.41, 5.74) is 15.9. The number of para-hydroxylation sites is 1. The highest BCUT2D eigenvalue weighted by Gasteiger charge is 2.39. The number of hydrogen-bond acceptors (Lipinski definition) is 2. The molecule has 10 rings (SSSR count). The second kappa shape index (κ2) is 9.49. The predicted octanol–water partition coefficient (Wildman–Crippen LogP) is 12.8. The summed E-state index contributed by atoms with van der Waals surface area (Å²) in [7, 11) is 0. The number of nitrogens with zero attached hydrogens (tertiary/aromatic N) is 1. The Morgan fingerprint density at radius 3 is 1.94 bits per heavy atom. The molecule has 1 aromatic heterocycles. The molecule has 0 bridgehead atoms. The lowest BCUT2D eigenvalue weighted by atomic mass is 9.82. The third kappa shape index (κ3) is 3.58. The van der Waals surface area contributed by atoms with Gasteiger partial charge in [0, 0.05) is 38.2 Å². The van der Waals surface area contributed by atoms with E-state index in [1.54, 1.807) is 0 Å². The van der Waals surface area contributed by atoms with E-state index in [4.69, 9.17) is 4.42 Å². The lowest BCUT2D eigenvalue weighted by molar-refractivity contribution is 0.660. The van der Waals surface area contributed by atoms with Crippen LogP contribution < -0.4 is 4.90 Å². The van der Waals surface area contributed by atoms with E-state index in [1.807, 2.05) is 6.07 Å². The van der Waals surface area contributed by atoms with E-state index in [0.29, 0.717) is 0 Å². The van der Waals surface area contributed by atoms with Crippen molar-refractivity contribution in [2.75, 3.05) is 4.90 Å². The highest BCUT2D eigenvalue weighted by Crippen LogP contribution is 2.56. The van der Waals surface area contributed by atoms with Crippen LogP contribution in [0.3, 0.4) is 0 Å². The van der Waals surface area contributed by atoms with Gasteiger partial charge >= 0.3 is 0 Å². The van der Waals surface area contributed by atoms with E-state index in [0.717, 1.165) is 38.7 Å². The summed E-state index contributed by atoms with van der Waals surface area (Å²) in [5.74, 6) is 0. The molecule has 0 unspecified atom stereocenters. The first-order chi connectivity index (χ1) is 23.3. The van der Waals surface area contributed by atoms with Crippen molar-refractivity contribution >= 4 is 49.8 Å². The second-order valence-corrected chi connectivity index (χ2v) is 14.6. The lowest BCUT2D eigenvalue weighted by Gasteiger charge is -2.30. The average molecular weight is 618 g/mol. The zero-order valence-electron chi connectivity index (χ0n) is 27.6. The van der Waals surface area contributed by atoms with Crippen LogP contribution in [0.1, 0.15) is 49.9 Å². The molecule has 0 amide bonds. The maximum Gasteiger partial charge on any atom is 0.136 e. The summed E-state index contributed by atoms with van der Waals surface area (Å²) < 4.78 is 6.46. The van der Waals surface area contributed by atoms with Gasteiger partial charge in [-0.05, 0) is 86.8 Å². The number of anilines is 3. The van der Waals surface area contributed by atoms with E-state index in [-0.39, 0.29) is 10.8 Å². The Balaban J connectivity index is 1.29. The number of benzene rings is 7. The predicted molar refractivity (Wildman–Crippen MR) is 201 cm³/mol. The first-order valence-corrected chi connectivity index (χ1v) is 16.9. The number of rotatable bonds is 3. The van der Waals surface area contributed by atoms with Crippen LogP contribution >= 0.6 is 0 Å². The van der Waals surface area contributed by atoms with E-state index in [1.165, 1.54) is 55.6 Å². The number of furan rings is 1. The average Bonchev–Trinajstić information content (AvgIpc) is 3.67. The van der Waals surface area contributed by atoms with E-state index >= 15 is 0 Å². The van der Waals surface area contributed by atoms with Crippen LogP contribution in [0.15, 0.2) is 144 Å². The van der Waals surface area contributed by atoms with Gasteiger partial charge in [-0.25, -0.2) is 0 Å². The third-order valence-corrected chi connectivity index (χ3v) is 11.2. The van der Waals surface area contributed by atoms with Gasteiger partial charge in [0.25, 0.3) is 0 Å². The van der Waals surface area contributed by atoms with Gasteiger partial charge in [0.2, 0.25) is 0 Å². The van der Waals surface area contributed by atoms with Gasteiger partial charge in [-0.15, -0.1) is 0 Å². The molecule has 7 aromatic carbocycles. The van der Waals surface area contributed by atoms with Crippen LogP contribution in [0.4, 0.5) is 17.1 Å². The van der Waals surface area contributed by atoms with Gasteiger partial charge in [0.05, 0.1) is 11.4 Å². The molecule has 8 aromatic rings. The summed E-state index contributed by atoms with van der Waals surface area (Å²) in [6.07, 6.45) is 0. The normalized spacial score (nSPS) is 15.0. The van der Waals surface area contributed by atoms with Gasteiger partial charge in [0.1, 0.15) is 11.2 Å². The van der Waals surface area contributed by atoms with Crippen molar-refractivity contribution in [1.29, 1.82) is 0 Å². The maximum atomic E-state index is 6.46. The summed E-state index contributed by atoms with van der Waals surface area (Å²) in [6, 6.07) is 51.4. The van der Waals surface area contributed by atoms with Crippen molar-refractivity contribution in [3.05, 3.63) is 162 Å². The molecular formula is C46H35NO. The van der Waals surface area contributed by atoms with E-state index in [9.17, 15) is 0 Å². The Morgan fingerprint density at radius 1 is 0.438 bits per heavy atom. The molecule has 0 atom stereocenters. The van der Waals surface area contributed by atoms with Crippen LogP contribution in [0.2, 0.25) is 0 Å². The molecule has 2 nitrogen and oxygen atoms in total. The smallest absolute Gasteiger partial charge is 0.136 e. The topological polar surface area (TPSA) is 16.4 Å². The van der Waals surface area contributed by atoms with Crippen molar-refractivity contribution in [3.8, 4) is 22.3 Å². The quantitative estimate of drug-likeness (QED) is 0.196. The number of hydrogen-bond donors (Lipinski definition) is 0. The first-order valence-electron chi connectivity index (χ1n) is 16.9. The van der Waals surface area contributed by atoms with Crippen molar-refractivity contribution in [3.63, 3.8) is 0 Å². The van der Waals surface area contributed by atoms with Crippen LogP contribution in [-0.4, -0.2) is 0 Å². The van der Waals surface area contributed by atoms with Gasteiger partial charge in [-0.3, -0.25) is 0 Å². The SMILES string of the molecule is CC1(C)c2ccccc2-c2cc(N(c3cccc4c3-c3ccccc3C4(C)C)c3cccc4cc5c(cc34)oc3ccccc35)ccc21. The van der Waals surface area contributed by atoms with Crippen LogP contribution in [0.5, 0.6) is 0 Å². The molecule has 2 heteroatoms. The Bertz CT molecular complexity index is 2630. The Hall–Kier alpha value is -5.60. The minimum Gasteiger partial charge on any atom is -0.456 e. The Kier molecular flexibility index (Phi) is 5.44. The van der Waals surface area contributed by atoms with Crippen LogP contribution in [0.25, 0.3) is 55.0 Å². The molecule has 2 aliphatic carbocycles. The monoisotopic (exact) mass is 617 g/mol. The minimum absolute atomic E-state index is 0.0570. The van der Waals surface area contributed by atoms with Crippen molar-refractivity contribution in [1.82, 2.24) is 0 Å². The molecule has 0 spiro atoms. The summed E-state index contributed by atoms with van der Waals surface area (Å²) in [5, 5.41) is 4.65. The van der Waals surface area contributed by atoms with Gasteiger partial charge < -0.3 is 9.32 Å². The zero-order valence-corrected chi connectivity index (χ0v) is 27.6. The fourth-order valence-corrected chi connectivity index (χ4v) is 8.85. The van der Waals surface area contributed by atoms with Crippen LogP contribution in [0, 0.1) is 0 Å².